The summed E-state index contributed by atoms with van der Waals surface area (Å²) in [7, 11) is 0. The number of hydrogen-bond donors (Lipinski definition) is 3. The average molecular weight is 533 g/mol. The van der Waals surface area contributed by atoms with Crippen LogP contribution in [-0.2, 0) is 33.0 Å². The van der Waals surface area contributed by atoms with E-state index in [1.165, 1.54) is 0 Å². The maximum absolute atomic E-state index is 13.7. The number of morpholine rings is 1. The van der Waals surface area contributed by atoms with E-state index in [4.69, 9.17) is 21.7 Å². The zero-order valence-corrected chi connectivity index (χ0v) is 21.4. The monoisotopic (exact) mass is 532 g/mol. The molecule has 3 aromatic heterocycles. The molecule has 1 fully saturated rings. The molecule has 0 amide bonds. The number of ether oxygens (including phenoxy) is 2. The van der Waals surface area contributed by atoms with Gasteiger partial charge in [0.25, 0.3) is 11.1 Å². The Morgan fingerprint density at radius 1 is 1.05 bits per heavy atom. The first-order valence-corrected chi connectivity index (χ1v) is 13.0. The van der Waals surface area contributed by atoms with Crippen molar-refractivity contribution in [1.82, 2.24) is 14.5 Å². The van der Waals surface area contributed by atoms with E-state index in [0.717, 1.165) is 33.2 Å². The molecule has 38 heavy (non-hydrogen) atoms. The minimum absolute atomic E-state index is 0.0860. The maximum Gasteiger partial charge on any atom is 0.343 e. The molecule has 0 saturated carbocycles. The molecule has 1 atom stereocenters. The molecule has 3 aliphatic rings. The van der Waals surface area contributed by atoms with E-state index in [9.17, 15) is 19.5 Å². The number of esters is 1. The van der Waals surface area contributed by atoms with Crippen LogP contribution in [0.3, 0.4) is 0 Å². The van der Waals surface area contributed by atoms with Crippen LogP contribution in [0.2, 0.25) is 0 Å². The number of aliphatic hydroxyl groups is 1. The topological polar surface area (TPSA) is 130 Å². The van der Waals surface area contributed by atoms with E-state index < -0.39 is 11.6 Å². The van der Waals surface area contributed by atoms with Gasteiger partial charge in [-0.15, -0.1) is 0 Å². The van der Waals surface area contributed by atoms with Gasteiger partial charge in [0.05, 0.1) is 42.4 Å². The first kappa shape index (κ1) is 23.3. The second-order valence-corrected chi connectivity index (χ2v) is 10.4. The fourth-order valence-corrected chi connectivity index (χ4v) is 6.15. The number of anilines is 1. The van der Waals surface area contributed by atoms with E-state index >= 15 is 0 Å². The highest BCUT2D eigenvalue weighted by Crippen LogP contribution is 2.43. The summed E-state index contributed by atoms with van der Waals surface area (Å²) in [5.41, 5.74) is 2.83. The summed E-state index contributed by atoms with van der Waals surface area (Å²) in [4.78, 5) is 47.1. The number of nitrogens with zero attached hydrogens (tertiary/aromatic N) is 2. The molecule has 1 saturated heterocycles. The average Bonchev–Trinajstić information content (AvgIpc) is 3.28. The minimum atomic E-state index is -1.88. The maximum atomic E-state index is 13.7. The standard InChI is InChI=1S/C27H24N4O6S/c1-2-27(35)17-10-20-22-15(11-31(20)25(33)16(17)12-37-26(27)34)23(30-3-5-36-6-4-30)14-9-18-13(7-19(14)28-22)8-21(38)24(32)29-18/h7-10,28,35H,2-6,11-12H2,1H3,(H,29,32)/t27-/m0/s1. The fourth-order valence-electron chi connectivity index (χ4n) is 5.97. The van der Waals surface area contributed by atoms with Crippen molar-refractivity contribution in [3.63, 3.8) is 0 Å². The van der Waals surface area contributed by atoms with Crippen molar-refractivity contribution in [3.05, 3.63) is 66.2 Å². The zero-order chi connectivity index (χ0) is 26.3. The molecule has 6 heterocycles. The Labute approximate surface area is 220 Å². The Kier molecular flexibility index (Phi) is 4.97. The van der Waals surface area contributed by atoms with E-state index in [1.807, 2.05) is 12.1 Å². The summed E-state index contributed by atoms with van der Waals surface area (Å²) in [6.07, 6.45) is 0.0860. The Balaban J connectivity index is 1.55. The number of hydrogen-bond acceptors (Lipinski definition) is 8. The lowest BCUT2D eigenvalue weighted by molar-refractivity contribution is -0.172. The second-order valence-electron chi connectivity index (χ2n) is 9.98. The number of carbonyl (C=O) groups excluding carboxylic acids is 1. The molecule has 0 spiro atoms. The molecule has 7 rings (SSSR count). The number of aromatic nitrogens is 3. The molecule has 3 aliphatic heterocycles. The van der Waals surface area contributed by atoms with Crippen LogP contribution in [0.15, 0.2) is 33.9 Å². The van der Waals surface area contributed by atoms with Gasteiger partial charge in [-0.1, -0.05) is 19.1 Å². The van der Waals surface area contributed by atoms with Crippen LogP contribution >= 0.6 is 12.2 Å². The molecule has 4 aromatic rings. The van der Waals surface area contributed by atoms with Gasteiger partial charge in [0.15, 0.2) is 5.60 Å². The molecule has 0 aliphatic carbocycles. The molecule has 1 aromatic carbocycles. The first-order chi connectivity index (χ1) is 18.3. The van der Waals surface area contributed by atoms with Crippen LogP contribution < -0.4 is 16.0 Å². The molecular formula is C27H24N4O6S. The van der Waals surface area contributed by atoms with E-state index in [0.29, 0.717) is 55.2 Å². The normalized spacial score (nSPS) is 20.4. The SMILES string of the molecule is CC[C@@]1(O)C(=O)OCc2c1cc1n(c2=O)Cc2c-1[nH]c1cc3cc(=S)c(=O)[nH]c3cc1c2N1CCOCC1. The van der Waals surface area contributed by atoms with Gasteiger partial charge >= 0.3 is 5.97 Å². The number of carbonyl (C=O) groups is 1. The van der Waals surface area contributed by atoms with Crippen molar-refractivity contribution in [3.8, 4) is 11.4 Å². The quantitative estimate of drug-likeness (QED) is 0.180. The summed E-state index contributed by atoms with van der Waals surface area (Å²) in [6, 6.07) is 7.32. The molecule has 194 valence electrons. The number of H-pyrrole nitrogens is 2. The smallest absolute Gasteiger partial charge is 0.343 e. The fraction of sp³-hybridized carbons (Fsp3) is 0.333. The van der Waals surface area contributed by atoms with Gasteiger partial charge in [-0.2, -0.15) is 0 Å². The number of nitrogens with one attached hydrogen (secondary N) is 2. The van der Waals surface area contributed by atoms with Crippen molar-refractivity contribution in [2.75, 3.05) is 31.2 Å². The molecular weight excluding hydrogens is 508 g/mol. The lowest BCUT2D eigenvalue weighted by Gasteiger charge is -2.32. The Morgan fingerprint density at radius 2 is 1.84 bits per heavy atom. The van der Waals surface area contributed by atoms with Crippen LogP contribution in [0.1, 0.15) is 30.0 Å². The number of aromatic amines is 2. The summed E-state index contributed by atoms with van der Waals surface area (Å²) < 4.78 is 12.7. The van der Waals surface area contributed by atoms with Gasteiger partial charge in [0.2, 0.25) is 0 Å². The van der Waals surface area contributed by atoms with E-state index in [1.54, 1.807) is 23.6 Å². The predicted octanol–water partition coefficient (Wildman–Crippen LogP) is 2.42. The van der Waals surface area contributed by atoms with Gasteiger partial charge < -0.3 is 34.0 Å². The highest BCUT2D eigenvalue weighted by Gasteiger charge is 2.45. The highest BCUT2D eigenvalue weighted by atomic mass is 32.1. The third-order valence-corrected chi connectivity index (χ3v) is 8.30. The van der Waals surface area contributed by atoms with E-state index in [-0.39, 0.29) is 28.7 Å². The molecule has 11 heteroatoms. The second kappa shape index (κ2) is 8.10. The van der Waals surface area contributed by atoms with Crippen LogP contribution in [-0.4, -0.2) is 51.9 Å². The Morgan fingerprint density at radius 3 is 2.61 bits per heavy atom. The summed E-state index contributed by atoms with van der Waals surface area (Å²) in [5, 5.41) is 12.9. The van der Waals surface area contributed by atoms with Crippen molar-refractivity contribution >= 4 is 45.7 Å². The predicted molar refractivity (Wildman–Crippen MR) is 143 cm³/mol. The lowest BCUT2D eigenvalue weighted by atomic mass is 9.86. The van der Waals surface area contributed by atoms with Crippen LogP contribution in [0, 0.1) is 4.51 Å². The van der Waals surface area contributed by atoms with E-state index in [2.05, 4.69) is 14.9 Å². The number of cyclic esters (lactones) is 1. The zero-order valence-electron chi connectivity index (χ0n) is 20.6. The van der Waals surface area contributed by atoms with Gasteiger partial charge in [0, 0.05) is 46.0 Å². The van der Waals surface area contributed by atoms with Gasteiger partial charge in [-0.3, -0.25) is 9.59 Å². The van der Waals surface area contributed by atoms with Crippen LogP contribution in [0.4, 0.5) is 5.69 Å². The summed E-state index contributed by atoms with van der Waals surface area (Å²) in [6.45, 7) is 4.32. The van der Waals surface area contributed by atoms with Crippen molar-refractivity contribution in [2.24, 2.45) is 0 Å². The lowest BCUT2D eigenvalue weighted by Crippen LogP contribution is -2.44. The van der Waals surface area contributed by atoms with Crippen LogP contribution in [0.5, 0.6) is 0 Å². The number of rotatable bonds is 2. The van der Waals surface area contributed by atoms with Gasteiger partial charge in [-0.25, -0.2) is 4.79 Å². The number of fused-ring (bicyclic) bond motifs is 6. The Bertz CT molecular complexity index is 1880. The highest BCUT2D eigenvalue weighted by molar-refractivity contribution is 7.71. The minimum Gasteiger partial charge on any atom is -0.458 e. The molecule has 3 N–H and O–H groups in total. The molecule has 0 radical (unpaired) electrons. The third kappa shape index (κ3) is 3.12. The third-order valence-electron chi connectivity index (χ3n) is 7.99. The van der Waals surface area contributed by atoms with Crippen molar-refractivity contribution in [2.45, 2.75) is 32.1 Å². The van der Waals surface area contributed by atoms with Gasteiger partial charge in [-0.05, 0) is 30.7 Å². The summed E-state index contributed by atoms with van der Waals surface area (Å²) in [5.74, 6) is -0.744. The molecule has 0 bridgehead atoms. The largest absolute Gasteiger partial charge is 0.458 e. The number of benzene rings is 1. The number of pyridine rings is 3. The van der Waals surface area contributed by atoms with Gasteiger partial charge in [0.1, 0.15) is 11.1 Å². The molecule has 10 nitrogen and oxygen atoms in total. The van der Waals surface area contributed by atoms with Crippen molar-refractivity contribution < 1.29 is 19.4 Å². The molecule has 0 unspecified atom stereocenters. The van der Waals surface area contributed by atoms with Crippen LogP contribution in [0.25, 0.3) is 33.2 Å². The first-order valence-electron chi connectivity index (χ1n) is 12.6. The van der Waals surface area contributed by atoms with Crippen molar-refractivity contribution in [1.29, 1.82) is 0 Å². The summed E-state index contributed by atoms with van der Waals surface area (Å²) >= 11 is 5.20. The Hall–Kier alpha value is -3.80.